The Kier molecular flexibility index (Phi) is 15.4. The van der Waals surface area contributed by atoms with Crippen molar-refractivity contribution in [3.63, 3.8) is 0 Å². The summed E-state index contributed by atoms with van der Waals surface area (Å²) >= 11 is 0. The second kappa shape index (κ2) is 15.6. The van der Waals surface area contributed by atoms with E-state index in [-0.39, 0.29) is 5.56 Å². The summed E-state index contributed by atoms with van der Waals surface area (Å²) in [6, 6.07) is 14.3. The molecule has 0 radical (unpaired) electrons. The minimum Gasteiger partial charge on any atom is -0.306 e. The number of hydrogen-bond donors (Lipinski definition) is 1. The Morgan fingerprint density at radius 2 is 1.19 bits per heavy atom. The van der Waals surface area contributed by atoms with Crippen LogP contribution in [-0.2, 0) is 0 Å². The van der Waals surface area contributed by atoms with Gasteiger partial charge in [-0.25, -0.2) is 9.36 Å². The molecule has 1 heterocycles. The Hall–Kier alpha value is -2.62. The topological polar surface area (TPSA) is 54.9 Å². The van der Waals surface area contributed by atoms with Crippen molar-refractivity contribution in [2.45, 2.75) is 62.3 Å². The molecule has 4 nitrogen and oxygen atoms in total. The smallest absolute Gasteiger partial charge is 0.306 e. The summed E-state index contributed by atoms with van der Waals surface area (Å²) in [5, 5.41) is 0.502. The van der Waals surface area contributed by atoms with Gasteiger partial charge in [0.25, 0.3) is 5.56 Å². The highest BCUT2D eigenvalue weighted by molar-refractivity contribution is 5.77. The van der Waals surface area contributed by atoms with Crippen LogP contribution < -0.4 is 11.2 Å². The molecule has 1 N–H and O–H groups in total. The summed E-state index contributed by atoms with van der Waals surface area (Å²) in [5.74, 6) is 0. The molecule has 1 aromatic heterocycles. The number of aryl methyl sites for hydroxylation is 1. The lowest BCUT2D eigenvalue weighted by Gasteiger charge is -2.06. The minimum atomic E-state index is -0.424. The van der Waals surface area contributed by atoms with E-state index in [1.54, 1.807) is 36.4 Å². The molecule has 0 aliphatic carbocycles. The molecule has 0 bridgehead atoms. The van der Waals surface area contributed by atoms with E-state index in [0.717, 1.165) is 10.1 Å². The van der Waals surface area contributed by atoms with Crippen molar-refractivity contribution in [1.29, 1.82) is 0 Å². The molecule has 0 atom stereocenters. The fourth-order valence-electron chi connectivity index (χ4n) is 2.09. The van der Waals surface area contributed by atoms with Crippen molar-refractivity contribution in [3.8, 4) is 5.69 Å². The predicted octanol–water partition coefficient (Wildman–Crippen LogP) is 6.09. The third-order valence-corrected chi connectivity index (χ3v) is 3.10. The van der Waals surface area contributed by atoms with Gasteiger partial charge in [-0.2, -0.15) is 0 Å². The van der Waals surface area contributed by atoms with Crippen molar-refractivity contribution >= 4 is 10.9 Å². The fraction of sp³-hybridized carbons (Fsp3) is 0.391. The SMILES string of the molecule is CC.CC.CC.CC.Cc1ccc(-n2c(=O)[nH]c3ccccc3c2=O)cc1. The van der Waals surface area contributed by atoms with Gasteiger partial charge < -0.3 is 4.98 Å². The van der Waals surface area contributed by atoms with Gasteiger partial charge in [0.05, 0.1) is 16.6 Å². The molecule has 27 heavy (non-hydrogen) atoms. The molecule has 0 aliphatic heterocycles. The van der Waals surface area contributed by atoms with Gasteiger partial charge in [0, 0.05) is 0 Å². The molecule has 3 aromatic rings. The Bertz CT molecular complexity index is 860. The highest BCUT2D eigenvalue weighted by atomic mass is 16.2. The van der Waals surface area contributed by atoms with Gasteiger partial charge in [-0.1, -0.05) is 85.2 Å². The Labute approximate surface area is 163 Å². The van der Waals surface area contributed by atoms with Crippen LogP contribution in [0.25, 0.3) is 16.6 Å². The van der Waals surface area contributed by atoms with Crippen LogP contribution in [0.4, 0.5) is 0 Å². The van der Waals surface area contributed by atoms with Crippen molar-refractivity contribution in [2.75, 3.05) is 0 Å². The van der Waals surface area contributed by atoms with Crippen molar-refractivity contribution in [3.05, 3.63) is 74.9 Å². The monoisotopic (exact) mass is 372 g/mol. The highest BCUT2D eigenvalue weighted by Crippen LogP contribution is 2.08. The normalized spacial score (nSPS) is 8.48. The summed E-state index contributed by atoms with van der Waals surface area (Å²) in [4.78, 5) is 27.1. The van der Waals surface area contributed by atoms with E-state index in [9.17, 15) is 9.59 Å². The zero-order chi connectivity index (χ0) is 21.4. The summed E-state index contributed by atoms with van der Waals surface area (Å²) in [6.45, 7) is 18.0. The number of nitrogens with zero attached hydrogens (tertiary/aromatic N) is 1. The van der Waals surface area contributed by atoms with E-state index in [4.69, 9.17) is 0 Å². The summed E-state index contributed by atoms with van der Waals surface area (Å²) < 4.78 is 1.15. The predicted molar refractivity (Wildman–Crippen MR) is 120 cm³/mol. The quantitative estimate of drug-likeness (QED) is 0.562. The number of fused-ring (bicyclic) bond motifs is 1. The number of nitrogens with one attached hydrogen (secondary N) is 1. The molecule has 150 valence electrons. The van der Waals surface area contributed by atoms with Crippen LogP contribution in [0.3, 0.4) is 0 Å². The van der Waals surface area contributed by atoms with Crippen molar-refractivity contribution in [1.82, 2.24) is 9.55 Å². The van der Waals surface area contributed by atoms with E-state index in [0.29, 0.717) is 16.6 Å². The maximum Gasteiger partial charge on any atom is 0.333 e. The van der Waals surface area contributed by atoms with Crippen LogP contribution in [0.15, 0.2) is 58.1 Å². The largest absolute Gasteiger partial charge is 0.333 e. The van der Waals surface area contributed by atoms with Crippen molar-refractivity contribution < 1.29 is 0 Å². The van der Waals surface area contributed by atoms with Crippen LogP contribution in [0, 0.1) is 6.92 Å². The second-order valence-electron chi connectivity index (χ2n) is 4.45. The number of benzene rings is 2. The summed E-state index contributed by atoms with van der Waals surface area (Å²) in [7, 11) is 0. The third-order valence-electron chi connectivity index (χ3n) is 3.10. The molecule has 0 saturated carbocycles. The first-order valence-electron chi connectivity index (χ1n) is 9.98. The lowest BCUT2D eigenvalue weighted by atomic mass is 10.2. The van der Waals surface area contributed by atoms with Crippen LogP contribution in [0.5, 0.6) is 0 Å². The molecule has 0 fully saturated rings. The van der Waals surface area contributed by atoms with Gasteiger partial charge in [-0.3, -0.25) is 4.79 Å². The lowest BCUT2D eigenvalue weighted by Crippen LogP contribution is -2.33. The van der Waals surface area contributed by atoms with Crippen LogP contribution >= 0.6 is 0 Å². The summed E-state index contributed by atoms with van der Waals surface area (Å²) in [6.07, 6.45) is 0. The van der Waals surface area contributed by atoms with E-state index in [1.165, 1.54) is 0 Å². The number of para-hydroxylation sites is 1. The number of H-pyrrole nitrogens is 1. The second-order valence-corrected chi connectivity index (χ2v) is 4.45. The molecule has 0 spiro atoms. The van der Waals surface area contributed by atoms with Gasteiger partial charge >= 0.3 is 5.69 Å². The van der Waals surface area contributed by atoms with E-state index in [2.05, 4.69) is 4.98 Å². The van der Waals surface area contributed by atoms with E-state index in [1.807, 2.05) is 74.4 Å². The Balaban J connectivity index is 0. The average molecular weight is 373 g/mol. The molecule has 0 amide bonds. The molecule has 0 unspecified atom stereocenters. The number of aromatic amines is 1. The van der Waals surface area contributed by atoms with Crippen LogP contribution in [-0.4, -0.2) is 9.55 Å². The highest BCUT2D eigenvalue weighted by Gasteiger charge is 2.08. The number of aromatic nitrogens is 2. The van der Waals surface area contributed by atoms with Gasteiger partial charge in [0.2, 0.25) is 0 Å². The molecular weight excluding hydrogens is 336 g/mol. The first-order chi connectivity index (χ1) is 13.2. The molecule has 0 aliphatic rings. The van der Waals surface area contributed by atoms with Gasteiger partial charge in [-0.05, 0) is 31.2 Å². The number of hydrogen-bond acceptors (Lipinski definition) is 2. The Morgan fingerprint density at radius 1 is 0.704 bits per heavy atom. The zero-order valence-corrected chi connectivity index (χ0v) is 18.4. The van der Waals surface area contributed by atoms with E-state index < -0.39 is 5.69 Å². The van der Waals surface area contributed by atoms with Gasteiger partial charge in [-0.15, -0.1) is 0 Å². The van der Waals surface area contributed by atoms with Gasteiger partial charge in [0.1, 0.15) is 0 Å². The zero-order valence-electron chi connectivity index (χ0n) is 18.4. The third kappa shape index (κ3) is 7.26. The lowest BCUT2D eigenvalue weighted by molar-refractivity contribution is 0.901. The number of rotatable bonds is 1. The minimum absolute atomic E-state index is 0.303. The first kappa shape index (κ1) is 26.6. The van der Waals surface area contributed by atoms with Crippen LogP contribution in [0.1, 0.15) is 61.0 Å². The van der Waals surface area contributed by atoms with E-state index >= 15 is 0 Å². The summed E-state index contributed by atoms with van der Waals surface area (Å²) in [5.41, 5.74) is 1.48. The standard InChI is InChI=1S/C15H12N2O2.4C2H6/c1-10-6-8-11(9-7-10)17-14(18)12-4-2-3-5-13(12)16-15(17)19;4*1-2/h2-9H,1H3,(H,16,19);4*1-2H3. The molecule has 4 heteroatoms. The van der Waals surface area contributed by atoms with Crippen molar-refractivity contribution in [2.24, 2.45) is 0 Å². The molecule has 0 saturated heterocycles. The maximum absolute atomic E-state index is 12.4. The van der Waals surface area contributed by atoms with Crippen LogP contribution in [0.2, 0.25) is 0 Å². The molecule has 3 rings (SSSR count). The van der Waals surface area contributed by atoms with Gasteiger partial charge in [0.15, 0.2) is 0 Å². The fourth-order valence-corrected chi connectivity index (χ4v) is 2.09. The average Bonchev–Trinajstić information content (AvgIpc) is 2.75. The maximum atomic E-state index is 12.4. The molecular formula is C23H36N2O2. The molecule has 2 aromatic carbocycles. The Morgan fingerprint density at radius 3 is 1.70 bits per heavy atom. The first-order valence-corrected chi connectivity index (χ1v) is 9.98.